The number of amides is 1. The zero-order valence-corrected chi connectivity index (χ0v) is 44.1. The molecule has 0 saturated heterocycles. The van der Waals surface area contributed by atoms with E-state index in [4.69, 9.17) is 4.74 Å². The zero-order chi connectivity index (χ0) is 48.1. The number of carbonyl (C=O) groups excluding carboxylic acids is 2. The maximum absolute atomic E-state index is 13.3. The maximum atomic E-state index is 13.3. The molecule has 3 unspecified atom stereocenters. The zero-order valence-electron chi connectivity index (χ0n) is 44.1. The lowest BCUT2D eigenvalue weighted by Crippen LogP contribution is -2.46. The average molecular weight is 927 g/mol. The Hall–Kier alpha value is -2.18. The van der Waals surface area contributed by atoms with Gasteiger partial charge in [-0.25, -0.2) is 0 Å². The number of carbonyl (C=O) groups is 2. The first-order valence-electron chi connectivity index (χ1n) is 28.9. The van der Waals surface area contributed by atoms with E-state index in [1.165, 1.54) is 167 Å². The van der Waals surface area contributed by atoms with E-state index in [9.17, 15) is 19.8 Å². The summed E-state index contributed by atoms with van der Waals surface area (Å²) >= 11 is 0. The van der Waals surface area contributed by atoms with Crippen molar-refractivity contribution in [3.8, 4) is 0 Å². The van der Waals surface area contributed by atoms with Crippen molar-refractivity contribution in [3.63, 3.8) is 0 Å². The lowest BCUT2D eigenvalue weighted by molar-refractivity contribution is -0.151. The fourth-order valence-corrected chi connectivity index (χ4v) is 8.73. The van der Waals surface area contributed by atoms with Crippen LogP contribution in [0.3, 0.4) is 0 Å². The third kappa shape index (κ3) is 48.3. The standard InChI is InChI=1S/C60H111NO5/c1-4-7-10-13-16-19-22-25-27-29-30-31-33-35-38-41-44-47-50-53-60(65)66-56(51-48-45-42-39-36-34-32-28-26-23-20-17-14-11-8-5-2)54-59(64)61-57(55-62)58(63)52-49-46-43-40-37-24-21-18-15-12-9-6-3/h16,19,25,27,30-31,34,36,56-58,62-63H,4-15,17-18,20-24,26,28-29,32-33,35,37-55H2,1-3H3,(H,61,64)/b19-16-,27-25-,31-30-,36-34+. The molecule has 386 valence electrons. The van der Waals surface area contributed by atoms with Crippen molar-refractivity contribution in [2.75, 3.05) is 6.61 Å². The molecule has 0 aromatic carbocycles. The first kappa shape index (κ1) is 63.8. The van der Waals surface area contributed by atoms with Crippen LogP contribution in [0.5, 0.6) is 0 Å². The van der Waals surface area contributed by atoms with Crippen molar-refractivity contribution in [2.45, 2.75) is 315 Å². The van der Waals surface area contributed by atoms with Crippen molar-refractivity contribution in [3.05, 3.63) is 48.6 Å². The van der Waals surface area contributed by atoms with Crippen LogP contribution in [-0.2, 0) is 14.3 Å². The summed E-state index contributed by atoms with van der Waals surface area (Å²) in [6.45, 7) is 6.47. The first-order valence-corrected chi connectivity index (χ1v) is 28.9. The molecule has 0 aliphatic carbocycles. The fraction of sp³-hybridized carbons (Fsp3) is 0.833. The molecule has 0 aliphatic rings. The minimum atomic E-state index is -0.794. The van der Waals surface area contributed by atoms with Crippen LogP contribution >= 0.6 is 0 Å². The molecule has 0 heterocycles. The number of hydrogen-bond donors (Lipinski definition) is 3. The number of allylic oxidation sites excluding steroid dienone is 8. The second-order valence-corrected chi connectivity index (χ2v) is 19.7. The minimum Gasteiger partial charge on any atom is -0.462 e. The highest BCUT2D eigenvalue weighted by atomic mass is 16.5. The van der Waals surface area contributed by atoms with Crippen LogP contribution < -0.4 is 5.32 Å². The van der Waals surface area contributed by atoms with Crippen LogP contribution in [0.4, 0.5) is 0 Å². The van der Waals surface area contributed by atoms with Gasteiger partial charge < -0.3 is 20.3 Å². The molecule has 0 rings (SSSR count). The van der Waals surface area contributed by atoms with Crippen LogP contribution in [0.15, 0.2) is 48.6 Å². The van der Waals surface area contributed by atoms with Crippen LogP contribution in [0.1, 0.15) is 297 Å². The largest absolute Gasteiger partial charge is 0.462 e. The van der Waals surface area contributed by atoms with Gasteiger partial charge >= 0.3 is 5.97 Å². The van der Waals surface area contributed by atoms with Crippen LogP contribution in [0.2, 0.25) is 0 Å². The molecule has 0 radical (unpaired) electrons. The highest BCUT2D eigenvalue weighted by molar-refractivity contribution is 5.77. The van der Waals surface area contributed by atoms with Crippen molar-refractivity contribution in [2.24, 2.45) is 0 Å². The summed E-state index contributed by atoms with van der Waals surface area (Å²) in [7, 11) is 0. The van der Waals surface area contributed by atoms with Gasteiger partial charge in [0, 0.05) is 6.42 Å². The highest BCUT2D eigenvalue weighted by Gasteiger charge is 2.24. The second-order valence-electron chi connectivity index (χ2n) is 19.7. The van der Waals surface area contributed by atoms with Gasteiger partial charge in [-0.15, -0.1) is 0 Å². The molecule has 0 aliphatic heterocycles. The van der Waals surface area contributed by atoms with Crippen molar-refractivity contribution >= 4 is 11.9 Å². The lowest BCUT2D eigenvalue weighted by atomic mass is 10.0. The summed E-state index contributed by atoms with van der Waals surface area (Å²) in [5, 5.41) is 23.8. The fourth-order valence-electron chi connectivity index (χ4n) is 8.73. The van der Waals surface area contributed by atoms with E-state index in [0.29, 0.717) is 19.3 Å². The Balaban J connectivity index is 4.59. The number of unbranched alkanes of at least 4 members (excludes halogenated alkanes) is 32. The van der Waals surface area contributed by atoms with E-state index in [1.807, 2.05) is 0 Å². The molecule has 0 aromatic heterocycles. The molecule has 1 amide bonds. The minimum absolute atomic E-state index is 0.0630. The van der Waals surface area contributed by atoms with Gasteiger partial charge in [-0.2, -0.15) is 0 Å². The number of hydrogen-bond acceptors (Lipinski definition) is 5. The summed E-state index contributed by atoms with van der Waals surface area (Å²) in [4.78, 5) is 26.3. The van der Waals surface area contributed by atoms with Gasteiger partial charge in [0.25, 0.3) is 0 Å². The Morgan fingerprint density at radius 1 is 0.439 bits per heavy atom. The molecule has 0 fully saturated rings. The van der Waals surface area contributed by atoms with E-state index in [1.54, 1.807) is 0 Å². The number of esters is 1. The molecule has 66 heavy (non-hydrogen) atoms. The predicted octanol–water partition coefficient (Wildman–Crippen LogP) is 17.8. The third-order valence-electron chi connectivity index (χ3n) is 13.1. The van der Waals surface area contributed by atoms with E-state index < -0.39 is 18.2 Å². The van der Waals surface area contributed by atoms with E-state index in [0.717, 1.165) is 83.5 Å². The topological polar surface area (TPSA) is 95.9 Å². The first-order chi connectivity index (χ1) is 32.5. The Morgan fingerprint density at radius 3 is 1.23 bits per heavy atom. The van der Waals surface area contributed by atoms with Crippen molar-refractivity contribution in [1.82, 2.24) is 5.32 Å². The number of aliphatic hydroxyl groups is 2. The summed E-state index contributed by atoms with van der Waals surface area (Å²) in [6.07, 6.45) is 66.0. The molecule has 0 bridgehead atoms. The lowest BCUT2D eigenvalue weighted by Gasteiger charge is -2.24. The Kier molecular flexibility index (Phi) is 52.0. The predicted molar refractivity (Wildman–Crippen MR) is 287 cm³/mol. The van der Waals surface area contributed by atoms with Crippen molar-refractivity contribution in [1.29, 1.82) is 0 Å². The number of nitrogens with one attached hydrogen (secondary N) is 1. The van der Waals surface area contributed by atoms with E-state index in [-0.39, 0.29) is 24.9 Å². The van der Waals surface area contributed by atoms with Crippen LogP contribution in [0.25, 0.3) is 0 Å². The number of aliphatic hydroxyl groups excluding tert-OH is 2. The van der Waals surface area contributed by atoms with E-state index >= 15 is 0 Å². The summed E-state index contributed by atoms with van der Waals surface area (Å²) in [5.41, 5.74) is 0. The van der Waals surface area contributed by atoms with Gasteiger partial charge in [0.05, 0.1) is 25.2 Å². The molecule has 3 atom stereocenters. The Labute approximate surface area is 410 Å². The van der Waals surface area contributed by atoms with Crippen molar-refractivity contribution < 1.29 is 24.5 Å². The second kappa shape index (κ2) is 53.8. The molecular weight excluding hydrogens is 815 g/mol. The molecule has 6 heteroatoms. The third-order valence-corrected chi connectivity index (χ3v) is 13.1. The monoisotopic (exact) mass is 926 g/mol. The average Bonchev–Trinajstić information content (AvgIpc) is 3.31. The number of ether oxygens (including phenoxy) is 1. The molecular formula is C60H111NO5. The Bertz CT molecular complexity index is 1130. The smallest absolute Gasteiger partial charge is 0.306 e. The summed E-state index contributed by atoms with van der Waals surface area (Å²) in [6, 6.07) is -0.709. The molecule has 6 nitrogen and oxygen atoms in total. The number of rotatable bonds is 52. The van der Waals surface area contributed by atoms with Gasteiger partial charge in [0.2, 0.25) is 5.91 Å². The van der Waals surface area contributed by atoms with E-state index in [2.05, 4.69) is 74.7 Å². The van der Waals surface area contributed by atoms with Crippen LogP contribution in [0, 0.1) is 0 Å². The molecule has 0 aromatic rings. The van der Waals surface area contributed by atoms with Gasteiger partial charge in [0.1, 0.15) is 6.10 Å². The molecule has 0 spiro atoms. The van der Waals surface area contributed by atoms with Gasteiger partial charge in [-0.1, -0.05) is 243 Å². The summed E-state index contributed by atoms with van der Waals surface area (Å²) < 4.78 is 5.95. The quantitative estimate of drug-likeness (QED) is 0.0321. The molecule has 0 saturated carbocycles. The normalized spacial score (nSPS) is 13.5. The molecule has 3 N–H and O–H groups in total. The van der Waals surface area contributed by atoms with Crippen LogP contribution in [-0.4, -0.2) is 46.9 Å². The van der Waals surface area contributed by atoms with Gasteiger partial charge in [0.15, 0.2) is 0 Å². The summed E-state index contributed by atoms with van der Waals surface area (Å²) in [5.74, 6) is -0.493. The highest BCUT2D eigenvalue weighted by Crippen LogP contribution is 2.18. The van der Waals surface area contributed by atoms with Gasteiger partial charge in [-0.3, -0.25) is 9.59 Å². The SMILES string of the molecule is CCCCC/C=C\C/C=C\C/C=C\CCCCCCCCC(=O)OC(CCCCC/C=C/CCCCCCCCCCC)CC(=O)NC(CO)C(O)CCCCCCCCCCCCCC. The van der Waals surface area contributed by atoms with Gasteiger partial charge in [-0.05, 0) is 89.9 Å². The Morgan fingerprint density at radius 2 is 0.773 bits per heavy atom. The maximum Gasteiger partial charge on any atom is 0.306 e.